The second-order valence-electron chi connectivity index (χ2n) is 8.74. The van der Waals surface area contributed by atoms with Gasteiger partial charge in [0.2, 0.25) is 0 Å². The number of fused-ring (bicyclic) bond motifs is 1. The third-order valence-electron chi connectivity index (χ3n) is 6.64. The maximum Gasteiger partial charge on any atom is 0.262 e. The van der Waals surface area contributed by atoms with E-state index in [4.69, 9.17) is 0 Å². The van der Waals surface area contributed by atoms with Crippen LogP contribution in [0.25, 0.3) is 17.0 Å². The third-order valence-corrected chi connectivity index (χ3v) is 7.76. The summed E-state index contributed by atoms with van der Waals surface area (Å²) in [7, 11) is 0. The fraction of sp³-hybridized carbons (Fsp3) is 0.346. The van der Waals surface area contributed by atoms with E-state index in [1.54, 1.807) is 11.8 Å². The molecule has 0 spiro atoms. The van der Waals surface area contributed by atoms with Crippen LogP contribution in [0.1, 0.15) is 43.9 Å². The number of H-pyrrole nitrogens is 1. The van der Waals surface area contributed by atoms with E-state index in [0.29, 0.717) is 5.92 Å². The molecule has 2 N–H and O–H groups in total. The van der Waals surface area contributed by atoms with Gasteiger partial charge in [-0.15, -0.1) is 0 Å². The first-order valence-electron chi connectivity index (χ1n) is 11.2. The van der Waals surface area contributed by atoms with Crippen molar-refractivity contribution in [2.75, 3.05) is 5.32 Å². The smallest absolute Gasteiger partial charge is 0.262 e. The summed E-state index contributed by atoms with van der Waals surface area (Å²) >= 11 is 1.65. The molecule has 1 aliphatic heterocycles. The minimum Gasteiger partial charge on any atom is -0.358 e. The molecular weight excluding hydrogens is 402 g/mol. The van der Waals surface area contributed by atoms with E-state index in [1.165, 1.54) is 19.3 Å². The van der Waals surface area contributed by atoms with Crippen LogP contribution in [-0.4, -0.2) is 27.3 Å². The highest BCUT2D eigenvalue weighted by Gasteiger charge is 2.43. The van der Waals surface area contributed by atoms with E-state index in [-0.39, 0.29) is 17.4 Å². The highest BCUT2D eigenvalue weighted by Crippen LogP contribution is 2.42. The van der Waals surface area contributed by atoms with Crippen LogP contribution in [0.15, 0.2) is 59.5 Å². The van der Waals surface area contributed by atoms with Crippen molar-refractivity contribution in [2.24, 2.45) is 5.92 Å². The largest absolute Gasteiger partial charge is 0.358 e. The second kappa shape index (κ2) is 8.46. The number of aromatic amines is 1. The summed E-state index contributed by atoms with van der Waals surface area (Å²) < 4.78 is 0. The Morgan fingerprint density at radius 2 is 1.81 bits per heavy atom. The Hall–Kier alpha value is -2.66. The molecule has 3 aromatic rings. The number of carbonyl (C=O) groups is 1. The SMILES string of the molecule is Cc1[nH]c2ccccc2c1/C=C1\SC(Nc2ccccc2)N([C@H]2CCCC[C@H]2C)C1=O. The van der Waals surface area contributed by atoms with Gasteiger partial charge in [0.25, 0.3) is 5.91 Å². The molecule has 5 heteroatoms. The number of para-hydroxylation sites is 2. The fourth-order valence-corrected chi connectivity index (χ4v) is 6.18. The second-order valence-corrected chi connectivity index (χ2v) is 9.86. The molecule has 3 atom stereocenters. The minimum absolute atomic E-state index is 0.0859. The number of amides is 1. The molecule has 1 aromatic heterocycles. The number of rotatable bonds is 4. The zero-order valence-corrected chi connectivity index (χ0v) is 18.9. The normalized spacial score (nSPS) is 25.5. The molecule has 1 amide bonds. The molecule has 0 radical (unpaired) electrons. The molecule has 2 aromatic carbocycles. The summed E-state index contributed by atoms with van der Waals surface area (Å²) in [6.07, 6.45) is 6.83. The standard InChI is InChI=1S/C26H29N3OS/c1-17-10-6-9-15-23(17)29-25(30)24(31-26(29)28-19-11-4-3-5-12-19)16-21-18(2)27-22-14-8-7-13-20(21)22/h3-5,7-8,11-14,16-17,23,26-28H,6,9-10,15H2,1-2H3/b24-16-/t17-,23+,26?/m1/s1. The molecule has 160 valence electrons. The Balaban J connectivity index is 1.52. The van der Waals surface area contributed by atoms with E-state index in [9.17, 15) is 4.79 Å². The number of aryl methyl sites for hydroxylation is 1. The van der Waals surface area contributed by atoms with Crippen molar-refractivity contribution in [2.45, 2.75) is 51.1 Å². The molecule has 5 rings (SSSR count). The van der Waals surface area contributed by atoms with Gasteiger partial charge in [-0.3, -0.25) is 4.79 Å². The van der Waals surface area contributed by atoms with Crippen LogP contribution in [0.2, 0.25) is 0 Å². The number of hydrogen-bond acceptors (Lipinski definition) is 3. The summed E-state index contributed by atoms with van der Waals surface area (Å²) in [5.41, 5.74) is 4.28. The molecule has 1 saturated heterocycles. The molecule has 2 aliphatic rings. The first-order chi connectivity index (χ1) is 15.1. The van der Waals surface area contributed by atoms with Crippen LogP contribution in [0.4, 0.5) is 5.69 Å². The zero-order valence-electron chi connectivity index (χ0n) is 18.1. The Kier molecular flexibility index (Phi) is 5.53. The van der Waals surface area contributed by atoms with Crippen molar-refractivity contribution in [3.05, 3.63) is 70.8 Å². The number of nitrogens with one attached hydrogen (secondary N) is 2. The lowest BCUT2D eigenvalue weighted by atomic mass is 9.85. The van der Waals surface area contributed by atoms with Crippen molar-refractivity contribution >= 4 is 40.3 Å². The van der Waals surface area contributed by atoms with Gasteiger partial charge in [0.15, 0.2) is 5.50 Å². The summed E-state index contributed by atoms with van der Waals surface area (Å²) in [5.74, 6) is 0.675. The van der Waals surface area contributed by atoms with Gasteiger partial charge in [-0.25, -0.2) is 0 Å². The molecule has 1 unspecified atom stereocenters. The maximum atomic E-state index is 13.7. The number of benzene rings is 2. The average molecular weight is 432 g/mol. The van der Waals surface area contributed by atoms with Gasteiger partial charge in [-0.1, -0.05) is 67.9 Å². The highest BCUT2D eigenvalue weighted by molar-refractivity contribution is 8.05. The van der Waals surface area contributed by atoms with Gasteiger partial charge in [-0.2, -0.15) is 0 Å². The zero-order chi connectivity index (χ0) is 21.4. The number of carbonyl (C=O) groups excluding carboxylic acids is 1. The summed E-state index contributed by atoms with van der Waals surface area (Å²) in [5, 5.41) is 4.78. The molecule has 31 heavy (non-hydrogen) atoms. The van der Waals surface area contributed by atoms with Crippen LogP contribution in [-0.2, 0) is 4.79 Å². The quantitative estimate of drug-likeness (QED) is 0.472. The Bertz CT molecular complexity index is 1120. The van der Waals surface area contributed by atoms with Gasteiger partial charge < -0.3 is 15.2 Å². The van der Waals surface area contributed by atoms with Gasteiger partial charge in [0, 0.05) is 33.9 Å². The summed E-state index contributed by atoms with van der Waals surface area (Å²) in [6.45, 7) is 4.38. The van der Waals surface area contributed by atoms with E-state index in [2.05, 4.69) is 65.5 Å². The number of nitrogens with zero attached hydrogens (tertiary/aromatic N) is 1. The monoisotopic (exact) mass is 431 g/mol. The van der Waals surface area contributed by atoms with Gasteiger partial charge >= 0.3 is 0 Å². The molecule has 2 fully saturated rings. The van der Waals surface area contributed by atoms with Crippen molar-refractivity contribution in [1.82, 2.24) is 9.88 Å². The van der Waals surface area contributed by atoms with Crippen molar-refractivity contribution < 1.29 is 4.79 Å². The van der Waals surface area contributed by atoms with Crippen LogP contribution >= 0.6 is 11.8 Å². The van der Waals surface area contributed by atoms with Crippen LogP contribution in [0.3, 0.4) is 0 Å². The number of hydrogen-bond donors (Lipinski definition) is 2. The topological polar surface area (TPSA) is 48.1 Å². The van der Waals surface area contributed by atoms with Crippen LogP contribution in [0.5, 0.6) is 0 Å². The van der Waals surface area contributed by atoms with E-state index in [1.807, 2.05) is 24.3 Å². The molecule has 4 nitrogen and oxygen atoms in total. The predicted molar refractivity (Wildman–Crippen MR) is 131 cm³/mol. The molecule has 0 bridgehead atoms. The van der Waals surface area contributed by atoms with Crippen molar-refractivity contribution in [3.63, 3.8) is 0 Å². The Morgan fingerprint density at radius 1 is 1.06 bits per heavy atom. The van der Waals surface area contributed by atoms with E-state index < -0.39 is 0 Å². The van der Waals surface area contributed by atoms with Crippen LogP contribution in [0, 0.1) is 12.8 Å². The lowest BCUT2D eigenvalue weighted by molar-refractivity contribution is -0.129. The summed E-state index contributed by atoms with van der Waals surface area (Å²) in [6, 6.07) is 18.8. The first-order valence-corrected chi connectivity index (χ1v) is 12.1. The molecule has 2 heterocycles. The minimum atomic E-state index is -0.0859. The maximum absolute atomic E-state index is 13.7. The van der Waals surface area contributed by atoms with Crippen LogP contribution < -0.4 is 5.32 Å². The average Bonchev–Trinajstić information content (AvgIpc) is 3.26. The number of aromatic nitrogens is 1. The van der Waals surface area contributed by atoms with Gasteiger partial charge in [-0.05, 0) is 50.0 Å². The Labute approximate surface area is 188 Å². The predicted octanol–water partition coefficient (Wildman–Crippen LogP) is 6.37. The molecule has 1 saturated carbocycles. The van der Waals surface area contributed by atoms with Crippen molar-refractivity contribution in [3.8, 4) is 0 Å². The lowest BCUT2D eigenvalue weighted by Crippen LogP contribution is -2.48. The van der Waals surface area contributed by atoms with Crippen molar-refractivity contribution in [1.29, 1.82) is 0 Å². The van der Waals surface area contributed by atoms with E-state index in [0.717, 1.165) is 39.2 Å². The molecular formula is C26H29N3OS. The first kappa shape index (κ1) is 20.3. The van der Waals surface area contributed by atoms with Gasteiger partial charge in [0.05, 0.1) is 4.91 Å². The number of thioether (sulfide) groups is 1. The van der Waals surface area contributed by atoms with E-state index >= 15 is 0 Å². The Morgan fingerprint density at radius 3 is 2.61 bits per heavy atom. The fourth-order valence-electron chi connectivity index (χ4n) is 4.98. The highest BCUT2D eigenvalue weighted by atomic mass is 32.2. The van der Waals surface area contributed by atoms with Gasteiger partial charge in [0.1, 0.15) is 0 Å². The third kappa shape index (κ3) is 3.87. The number of anilines is 1. The lowest BCUT2D eigenvalue weighted by Gasteiger charge is -2.39. The molecule has 1 aliphatic carbocycles. The summed E-state index contributed by atoms with van der Waals surface area (Å²) in [4.78, 5) is 20.1.